The fourth-order valence-corrected chi connectivity index (χ4v) is 1.39. The van der Waals surface area contributed by atoms with Gasteiger partial charge in [-0.1, -0.05) is 13.2 Å². The van der Waals surface area contributed by atoms with Crippen molar-refractivity contribution in [1.82, 2.24) is 9.80 Å². The van der Waals surface area contributed by atoms with Gasteiger partial charge in [-0.05, 0) is 18.8 Å². The number of hydrogen-bond acceptors (Lipinski definition) is 3. The molecule has 2 rings (SSSR count). The van der Waals surface area contributed by atoms with E-state index in [2.05, 4.69) is 18.2 Å². The first-order chi connectivity index (χ1) is 7.27. The molecule has 82 valence electrons. The predicted octanol–water partition coefficient (Wildman–Crippen LogP) is 1.23. The van der Waals surface area contributed by atoms with E-state index in [0.29, 0.717) is 6.42 Å². The lowest BCUT2D eigenvalue weighted by Gasteiger charge is -2.05. The number of hydrogen-bond donors (Lipinski definition) is 0. The summed E-state index contributed by atoms with van der Waals surface area (Å²) in [7, 11) is 0. The van der Waals surface area contributed by atoms with Gasteiger partial charge in [0.05, 0.1) is 12.9 Å². The molecule has 0 aromatic carbocycles. The number of aliphatic imine (C=N–C) groups is 1. The lowest BCUT2D eigenvalue weighted by molar-refractivity contribution is -0.125. The van der Waals surface area contributed by atoms with Crippen LogP contribution in [0.2, 0.25) is 0 Å². The minimum atomic E-state index is 0.208. The van der Waals surface area contributed by atoms with Crippen molar-refractivity contribution < 1.29 is 4.79 Å². The fraction of sp³-hybridized carbons (Fsp3) is 0.455. The number of nitrogens with zero attached hydrogens (tertiary/aromatic N) is 3. The summed E-state index contributed by atoms with van der Waals surface area (Å²) in [6, 6.07) is 0. The number of rotatable bonds is 2. The number of carbonyl (C=O) groups excluding carboxylic acids is 1. The Morgan fingerprint density at radius 3 is 2.40 bits per heavy atom. The van der Waals surface area contributed by atoms with Crippen LogP contribution in [0.5, 0.6) is 0 Å². The van der Waals surface area contributed by atoms with Crippen LogP contribution in [0, 0.1) is 0 Å². The molecule has 0 unspecified atom stereocenters. The summed E-state index contributed by atoms with van der Waals surface area (Å²) in [5, 5.41) is 0. The highest BCUT2D eigenvalue weighted by atomic mass is 16.2. The Bertz CT molecular complexity index is 273. The van der Waals surface area contributed by atoms with Crippen LogP contribution in [-0.4, -0.2) is 41.7 Å². The van der Waals surface area contributed by atoms with Gasteiger partial charge in [-0.2, -0.15) is 0 Å². The van der Waals surface area contributed by atoms with E-state index < -0.39 is 0 Å². The van der Waals surface area contributed by atoms with Crippen LogP contribution in [0.25, 0.3) is 0 Å². The van der Waals surface area contributed by atoms with Crippen LogP contribution < -0.4 is 0 Å². The average Bonchev–Trinajstić information content (AvgIpc) is 2.88. The van der Waals surface area contributed by atoms with Crippen molar-refractivity contribution in [3.05, 3.63) is 25.6 Å². The van der Waals surface area contributed by atoms with Crippen molar-refractivity contribution in [3.63, 3.8) is 0 Å². The maximum Gasteiger partial charge on any atom is 0.226 e. The molecule has 4 heteroatoms. The summed E-state index contributed by atoms with van der Waals surface area (Å²) in [5.41, 5.74) is 0. The van der Waals surface area contributed by atoms with E-state index in [1.54, 1.807) is 23.6 Å². The molecule has 0 atom stereocenters. The number of amides is 1. The smallest absolute Gasteiger partial charge is 0.226 e. The van der Waals surface area contributed by atoms with E-state index >= 15 is 0 Å². The standard InChI is InChI=1S/C6H9NO.C5H8N2/c1-2-7-5-3-4-6(7)8;1-2-7-4-3-6-5-7/h2H,1,3-5H2;2,5H,1,3-4H2. The lowest BCUT2D eigenvalue weighted by atomic mass is 10.4. The van der Waals surface area contributed by atoms with Gasteiger partial charge < -0.3 is 9.80 Å². The summed E-state index contributed by atoms with van der Waals surface area (Å²) >= 11 is 0. The summed E-state index contributed by atoms with van der Waals surface area (Å²) in [6.45, 7) is 9.87. The summed E-state index contributed by atoms with van der Waals surface area (Å²) in [4.78, 5) is 18.2. The minimum absolute atomic E-state index is 0.208. The third kappa shape index (κ3) is 3.58. The van der Waals surface area contributed by atoms with Crippen LogP contribution in [0.15, 0.2) is 30.6 Å². The second-order valence-corrected chi connectivity index (χ2v) is 3.32. The SMILES string of the molecule is C=CN1C=NCC1.C=CN1CCCC1=O. The van der Waals surface area contributed by atoms with Crippen molar-refractivity contribution >= 4 is 12.2 Å². The largest absolute Gasteiger partial charge is 0.338 e. The van der Waals surface area contributed by atoms with Gasteiger partial charge in [-0.25, -0.2) is 0 Å². The average molecular weight is 207 g/mol. The van der Waals surface area contributed by atoms with Gasteiger partial charge >= 0.3 is 0 Å². The van der Waals surface area contributed by atoms with Gasteiger partial charge in [0.1, 0.15) is 0 Å². The highest BCUT2D eigenvalue weighted by Crippen LogP contribution is 2.08. The monoisotopic (exact) mass is 207 g/mol. The Balaban J connectivity index is 0.000000151. The van der Waals surface area contributed by atoms with Crippen LogP contribution in [0.3, 0.4) is 0 Å². The van der Waals surface area contributed by atoms with Gasteiger partial charge in [0.2, 0.25) is 5.91 Å². The topological polar surface area (TPSA) is 35.9 Å². The molecule has 0 aliphatic carbocycles. The van der Waals surface area contributed by atoms with Crippen LogP contribution >= 0.6 is 0 Å². The molecule has 0 aromatic heterocycles. The normalized spacial score (nSPS) is 18.8. The first-order valence-corrected chi connectivity index (χ1v) is 5.08. The Morgan fingerprint density at radius 2 is 2.13 bits per heavy atom. The highest BCUT2D eigenvalue weighted by molar-refractivity contribution is 5.78. The Morgan fingerprint density at radius 1 is 1.33 bits per heavy atom. The molecule has 0 bridgehead atoms. The van der Waals surface area contributed by atoms with Crippen molar-refractivity contribution in [3.8, 4) is 0 Å². The quantitative estimate of drug-likeness (QED) is 0.682. The Kier molecular flexibility index (Phi) is 4.60. The van der Waals surface area contributed by atoms with Crippen LogP contribution in [0.4, 0.5) is 0 Å². The highest BCUT2D eigenvalue weighted by Gasteiger charge is 2.15. The van der Waals surface area contributed by atoms with E-state index in [0.717, 1.165) is 26.1 Å². The molecule has 4 nitrogen and oxygen atoms in total. The molecule has 0 saturated carbocycles. The second-order valence-electron chi connectivity index (χ2n) is 3.32. The van der Waals surface area contributed by atoms with E-state index in [1.807, 2.05) is 4.90 Å². The molecular formula is C11H17N3O. The third-order valence-electron chi connectivity index (χ3n) is 2.28. The predicted molar refractivity (Wildman–Crippen MR) is 61.4 cm³/mol. The van der Waals surface area contributed by atoms with Crippen molar-refractivity contribution in [2.45, 2.75) is 12.8 Å². The van der Waals surface area contributed by atoms with Gasteiger partial charge in [0.25, 0.3) is 0 Å². The first kappa shape index (κ1) is 11.5. The second kappa shape index (κ2) is 6.01. The van der Waals surface area contributed by atoms with E-state index in [9.17, 15) is 4.79 Å². The maximum atomic E-state index is 10.7. The zero-order valence-corrected chi connectivity index (χ0v) is 8.93. The molecule has 0 aromatic rings. The van der Waals surface area contributed by atoms with E-state index in [1.165, 1.54) is 0 Å². The zero-order chi connectivity index (χ0) is 11.1. The Hall–Kier alpha value is -1.58. The van der Waals surface area contributed by atoms with Crippen molar-refractivity contribution in [1.29, 1.82) is 0 Å². The van der Waals surface area contributed by atoms with Crippen molar-refractivity contribution in [2.24, 2.45) is 4.99 Å². The molecule has 15 heavy (non-hydrogen) atoms. The van der Waals surface area contributed by atoms with Gasteiger partial charge in [0, 0.05) is 19.5 Å². The fourth-order valence-electron chi connectivity index (χ4n) is 1.39. The zero-order valence-electron chi connectivity index (χ0n) is 8.93. The Labute approximate surface area is 90.6 Å². The molecule has 0 radical (unpaired) electrons. The minimum Gasteiger partial charge on any atom is -0.338 e. The molecule has 1 amide bonds. The van der Waals surface area contributed by atoms with Crippen LogP contribution in [-0.2, 0) is 4.79 Å². The summed E-state index contributed by atoms with van der Waals surface area (Å²) in [6.07, 6.45) is 6.86. The van der Waals surface area contributed by atoms with Crippen LogP contribution in [0.1, 0.15) is 12.8 Å². The first-order valence-electron chi connectivity index (χ1n) is 5.08. The molecule has 1 fully saturated rings. The summed E-state index contributed by atoms with van der Waals surface area (Å²) in [5.74, 6) is 0.208. The van der Waals surface area contributed by atoms with E-state index in [4.69, 9.17) is 0 Å². The van der Waals surface area contributed by atoms with Gasteiger partial charge in [0.15, 0.2) is 0 Å². The number of likely N-dealkylation sites (tertiary alicyclic amines) is 1. The summed E-state index contributed by atoms with van der Waals surface area (Å²) < 4.78 is 0. The third-order valence-corrected chi connectivity index (χ3v) is 2.28. The number of carbonyl (C=O) groups is 1. The lowest BCUT2D eigenvalue weighted by Crippen LogP contribution is -2.16. The molecular weight excluding hydrogens is 190 g/mol. The van der Waals surface area contributed by atoms with E-state index in [-0.39, 0.29) is 5.91 Å². The molecule has 0 spiro atoms. The van der Waals surface area contributed by atoms with Gasteiger partial charge in [-0.15, -0.1) is 0 Å². The molecule has 2 aliphatic heterocycles. The molecule has 0 N–H and O–H groups in total. The molecule has 2 heterocycles. The van der Waals surface area contributed by atoms with Gasteiger partial charge in [-0.3, -0.25) is 9.79 Å². The maximum absolute atomic E-state index is 10.7. The van der Waals surface area contributed by atoms with Crippen molar-refractivity contribution in [2.75, 3.05) is 19.6 Å². The molecule has 1 saturated heterocycles. The molecule has 2 aliphatic rings.